The van der Waals surface area contributed by atoms with E-state index >= 15 is 0 Å². The van der Waals surface area contributed by atoms with Crippen molar-refractivity contribution < 1.29 is 28.6 Å². The molecule has 0 bridgehead atoms. The second-order valence-electron chi connectivity index (χ2n) is 15.5. The summed E-state index contributed by atoms with van der Waals surface area (Å²) in [5.74, 6) is 1.71. The molecule has 0 atom stereocenters. The monoisotopic (exact) mass is 947 g/mol. The smallest absolute Gasteiger partial charge is 0.0770 e. The van der Waals surface area contributed by atoms with Crippen LogP contribution in [-0.2, 0) is 26.7 Å². The molecule has 4 nitrogen and oxygen atoms in total. The Morgan fingerprint density at radius 3 is 2.10 bits per heavy atom. The zero-order chi connectivity index (χ0) is 42.3. The number of furan rings is 1. The number of imidazole rings is 1. The Hall–Kier alpha value is -6.13. The Labute approximate surface area is 364 Å². The number of rotatable bonds is 7. The molecule has 7 aromatic carbocycles. The molecule has 10 aromatic rings. The predicted molar refractivity (Wildman–Crippen MR) is 241 cm³/mol. The molecule has 0 fully saturated rings. The molecular formula is C54H45IrN3O-2. The van der Waals surface area contributed by atoms with E-state index in [0.717, 1.165) is 56.8 Å². The van der Waals surface area contributed by atoms with Gasteiger partial charge in [-0.15, -0.1) is 35.9 Å². The summed E-state index contributed by atoms with van der Waals surface area (Å²) in [6.07, 6.45) is 4.66. The van der Waals surface area contributed by atoms with Crippen molar-refractivity contribution in [3.63, 3.8) is 0 Å². The summed E-state index contributed by atoms with van der Waals surface area (Å²) >= 11 is 0. The van der Waals surface area contributed by atoms with E-state index in [0.29, 0.717) is 11.8 Å². The second-order valence-corrected chi connectivity index (χ2v) is 15.5. The SMILES string of the molecule is CC(C)c1cccc(C(C)C)c1Cn1c(-c2[c-]oc3ccc(-c4ccc5ccc6ccccc6c5c4)cc23)nc2ccccc21.[2H]C([2H])([2H])c1ccc(-c2[c-]cccc2)nc1.[Ir]. The van der Waals surface area contributed by atoms with Crippen molar-refractivity contribution in [2.24, 2.45) is 0 Å². The van der Waals surface area contributed by atoms with Gasteiger partial charge in [-0.05, 0) is 97.5 Å². The molecule has 3 aromatic heterocycles. The third-order valence-corrected chi connectivity index (χ3v) is 11.0. The first-order valence-corrected chi connectivity index (χ1v) is 19.9. The number of aromatic nitrogens is 3. The number of nitrogens with zero attached hydrogens (tertiary/aromatic N) is 3. The van der Waals surface area contributed by atoms with Crippen LogP contribution in [0.3, 0.4) is 0 Å². The minimum atomic E-state index is -2.09. The summed E-state index contributed by atoms with van der Waals surface area (Å²) in [5, 5.41) is 6.04. The van der Waals surface area contributed by atoms with Gasteiger partial charge < -0.3 is 14.0 Å². The Kier molecular flexibility index (Phi) is 10.4. The van der Waals surface area contributed by atoms with Crippen molar-refractivity contribution in [2.45, 2.75) is 52.9 Å². The molecule has 0 spiro atoms. The third kappa shape index (κ3) is 7.89. The van der Waals surface area contributed by atoms with Crippen molar-refractivity contribution in [3.8, 4) is 33.8 Å². The number of para-hydroxylation sites is 2. The van der Waals surface area contributed by atoms with Gasteiger partial charge in [0.2, 0.25) is 0 Å². The van der Waals surface area contributed by atoms with Crippen molar-refractivity contribution in [1.82, 2.24) is 14.5 Å². The van der Waals surface area contributed by atoms with Gasteiger partial charge in [0.1, 0.15) is 0 Å². The number of pyridine rings is 1. The average molecular weight is 947 g/mol. The van der Waals surface area contributed by atoms with E-state index in [9.17, 15) is 0 Å². The van der Waals surface area contributed by atoms with Gasteiger partial charge in [0.05, 0.1) is 16.9 Å². The topological polar surface area (TPSA) is 43.9 Å². The normalized spacial score (nSPS) is 12.3. The maximum absolute atomic E-state index is 7.23. The molecule has 0 aliphatic rings. The number of fused-ring (bicyclic) bond motifs is 5. The zero-order valence-electron chi connectivity index (χ0n) is 36.5. The van der Waals surface area contributed by atoms with Crippen LogP contribution in [0, 0.1) is 19.2 Å². The zero-order valence-corrected chi connectivity index (χ0v) is 35.9. The van der Waals surface area contributed by atoms with E-state index in [1.807, 2.05) is 18.2 Å². The summed E-state index contributed by atoms with van der Waals surface area (Å²) < 4.78 is 30.1. The molecule has 10 rings (SSSR count). The van der Waals surface area contributed by atoms with Crippen LogP contribution < -0.4 is 0 Å². The van der Waals surface area contributed by atoms with Gasteiger partial charge in [0.25, 0.3) is 0 Å². The number of benzene rings is 7. The molecular weight excluding hydrogens is 899 g/mol. The second kappa shape index (κ2) is 17.0. The van der Waals surface area contributed by atoms with Gasteiger partial charge in [0.15, 0.2) is 0 Å². The molecule has 0 N–H and O–H groups in total. The van der Waals surface area contributed by atoms with Gasteiger partial charge >= 0.3 is 0 Å². The molecule has 1 radical (unpaired) electrons. The standard InChI is InChI=1S/C42H35N2O.C12H10N.Ir/c1-26(2)32-12-9-13-33(27(3)4)37(32)24-44-40-15-8-7-14-39(40)43-42(44)38-25-45-41-21-20-31(23-36(38)41)30-19-18-29-17-16-28-10-5-6-11-34(28)35(29)22-30;1-10-7-8-12(13-9-10)11-5-3-2-4-6-11;/h5-23,26-27H,24H2,1-4H3;2-5,7-9H,1H3;/q2*-1;/i;1D3;. The third-order valence-electron chi connectivity index (χ3n) is 11.0. The van der Waals surface area contributed by atoms with Crippen molar-refractivity contribution in [1.29, 1.82) is 0 Å². The van der Waals surface area contributed by atoms with Crippen LogP contribution in [0.2, 0.25) is 0 Å². The number of hydrogen-bond acceptors (Lipinski definition) is 3. The molecule has 3 heterocycles. The largest absolute Gasteiger partial charge is 0.557 e. The summed E-state index contributed by atoms with van der Waals surface area (Å²) in [6, 6.07) is 55.2. The van der Waals surface area contributed by atoms with Crippen LogP contribution >= 0.6 is 0 Å². The molecule has 0 amide bonds. The van der Waals surface area contributed by atoms with E-state index in [-0.39, 0.29) is 25.7 Å². The average Bonchev–Trinajstić information content (AvgIpc) is 3.87. The maximum atomic E-state index is 7.23. The Morgan fingerprint density at radius 2 is 1.37 bits per heavy atom. The van der Waals surface area contributed by atoms with Gasteiger partial charge in [-0.3, -0.25) is 4.98 Å². The Morgan fingerprint density at radius 1 is 0.678 bits per heavy atom. The molecule has 0 saturated carbocycles. The summed E-state index contributed by atoms with van der Waals surface area (Å²) in [5.41, 5.74) is 12.1. The summed E-state index contributed by atoms with van der Waals surface area (Å²) in [6.45, 7) is 7.77. The minimum Gasteiger partial charge on any atom is -0.557 e. The first-order valence-electron chi connectivity index (χ1n) is 21.4. The van der Waals surface area contributed by atoms with Crippen LogP contribution in [0.1, 0.15) is 65.9 Å². The fraction of sp³-hybridized carbons (Fsp3) is 0.148. The molecule has 59 heavy (non-hydrogen) atoms. The fourth-order valence-corrected chi connectivity index (χ4v) is 8.08. The minimum absolute atomic E-state index is 0. The first-order chi connectivity index (χ1) is 29.5. The summed E-state index contributed by atoms with van der Waals surface area (Å²) in [7, 11) is 0. The molecule has 0 aliphatic carbocycles. The Balaban J connectivity index is 0.000000263. The van der Waals surface area contributed by atoms with E-state index in [1.165, 1.54) is 50.0 Å². The molecule has 0 aliphatic heterocycles. The van der Waals surface area contributed by atoms with Crippen molar-refractivity contribution in [3.05, 3.63) is 192 Å². The van der Waals surface area contributed by atoms with Crippen molar-refractivity contribution in [2.75, 3.05) is 0 Å². The van der Waals surface area contributed by atoms with E-state index in [1.54, 1.807) is 18.2 Å². The van der Waals surface area contributed by atoms with Crippen LogP contribution in [0.25, 0.3) is 77.3 Å². The first kappa shape index (κ1) is 36.0. The predicted octanol–water partition coefficient (Wildman–Crippen LogP) is 14.4. The van der Waals surface area contributed by atoms with Gasteiger partial charge in [0, 0.05) is 48.8 Å². The molecule has 5 heteroatoms. The van der Waals surface area contributed by atoms with Crippen LogP contribution in [-0.4, -0.2) is 14.5 Å². The van der Waals surface area contributed by atoms with Crippen molar-refractivity contribution >= 4 is 43.5 Å². The van der Waals surface area contributed by atoms with Crippen LogP contribution in [0.4, 0.5) is 0 Å². The van der Waals surface area contributed by atoms with Crippen LogP contribution in [0.5, 0.6) is 0 Å². The summed E-state index contributed by atoms with van der Waals surface area (Å²) in [4.78, 5) is 9.32. The molecule has 0 unspecified atom stereocenters. The van der Waals surface area contributed by atoms with Gasteiger partial charge in [-0.2, -0.15) is 0 Å². The van der Waals surface area contributed by atoms with Gasteiger partial charge in [-0.1, -0.05) is 148 Å². The van der Waals surface area contributed by atoms with E-state index in [2.05, 4.69) is 165 Å². The van der Waals surface area contributed by atoms with Crippen LogP contribution in [0.15, 0.2) is 162 Å². The molecule has 0 saturated heterocycles. The number of hydrogen-bond donors (Lipinski definition) is 0. The maximum Gasteiger partial charge on any atom is 0.0770 e. The molecule has 293 valence electrons. The fourth-order valence-electron chi connectivity index (χ4n) is 8.08. The number of aryl methyl sites for hydroxylation is 1. The quantitative estimate of drug-likeness (QED) is 0.118. The van der Waals surface area contributed by atoms with Gasteiger partial charge in [-0.25, -0.2) is 0 Å². The van der Waals surface area contributed by atoms with E-state index in [4.69, 9.17) is 13.5 Å². The van der Waals surface area contributed by atoms with E-state index < -0.39 is 6.85 Å². The Bertz CT molecular complexity index is 3140.